The van der Waals surface area contributed by atoms with Crippen LogP contribution in [-0.2, 0) is 6.61 Å². The van der Waals surface area contributed by atoms with Crippen LogP contribution < -0.4 is 10.2 Å². The van der Waals surface area contributed by atoms with E-state index in [9.17, 15) is 4.79 Å². The average Bonchev–Trinajstić information content (AvgIpc) is 3.28. The Kier molecular flexibility index (Phi) is 6.44. The van der Waals surface area contributed by atoms with Crippen molar-refractivity contribution in [1.82, 2.24) is 25.4 Å². The van der Waals surface area contributed by atoms with E-state index in [1.165, 1.54) is 0 Å². The van der Waals surface area contributed by atoms with Gasteiger partial charge in [-0.2, -0.15) is 5.10 Å². The third kappa shape index (κ3) is 5.61. The van der Waals surface area contributed by atoms with Crippen LogP contribution in [0.25, 0.3) is 5.69 Å². The second kappa shape index (κ2) is 9.77. The Bertz CT molecular complexity index is 1170. The fraction of sp³-hybridized carbons (Fsp3) is 0.0455. The molecule has 0 radical (unpaired) electrons. The Morgan fingerprint density at radius 2 is 1.81 bits per heavy atom. The van der Waals surface area contributed by atoms with Crippen molar-refractivity contribution in [2.45, 2.75) is 6.61 Å². The van der Waals surface area contributed by atoms with Crippen molar-refractivity contribution >= 4 is 28.1 Å². The second-order valence-electron chi connectivity index (χ2n) is 6.42. The lowest BCUT2D eigenvalue weighted by molar-refractivity contribution is 0.0955. The Morgan fingerprint density at radius 3 is 2.55 bits per heavy atom. The highest BCUT2D eigenvalue weighted by Gasteiger charge is 2.05. The molecule has 2 aromatic heterocycles. The van der Waals surface area contributed by atoms with E-state index < -0.39 is 0 Å². The van der Waals surface area contributed by atoms with Gasteiger partial charge in [-0.15, -0.1) is 5.10 Å². The van der Waals surface area contributed by atoms with Gasteiger partial charge >= 0.3 is 0 Å². The number of pyridine rings is 1. The van der Waals surface area contributed by atoms with E-state index in [0.717, 1.165) is 15.7 Å². The molecule has 1 N–H and O–H groups in total. The largest absolute Gasteiger partial charge is 0.487 e. The van der Waals surface area contributed by atoms with E-state index in [4.69, 9.17) is 4.74 Å². The van der Waals surface area contributed by atoms with E-state index in [1.807, 2.05) is 54.7 Å². The fourth-order valence-electron chi connectivity index (χ4n) is 2.63. The van der Waals surface area contributed by atoms with Crippen LogP contribution in [0.2, 0.25) is 0 Å². The molecule has 0 aliphatic carbocycles. The Balaban J connectivity index is 1.29. The van der Waals surface area contributed by atoms with Gasteiger partial charge < -0.3 is 4.74 Å². The van der Waals surface area contributed by atoms with Crippen LogP contribution in [0.1, 0.15) is 21.6 Å². The van der Waals surface area contributed by atoms with Crippen molar-refractivity contribution in [3.63, 3.8) is 0 Å². The monoisotopic (exact) mass is 476 g/mol. The first kappa shape index (κ1) is 20.4. The third-order valence-corrected chi connectivity index (χ3v) is 4.75. The third-order valence-electron chi connectivity index (χ3n) is 4.22. The number of hydrogen-bond acceptors (Lipinski definition) is 6. The van der Waals surface area contributed by atoms with Crippen LogP contribution in [0.15, 0.2) is 88.8 Å². The zero-order chi connectivity index (χ0) is 21.5. The Morgan fingerprint density at radius 1 is 1.06 bits per heavy atom. The quantitative estimate of drug-likeness (QED) is 0.323. The van der Waals surface area contributed by atoms with Gasteiger partial charge in [-0.3, -0.25) is 9.78 Å². The first-order chi connectivity index (χ1) is 15.2. The van der Waals surface area contributed by atoms with Crippen LogP contribution in [0.5, 0.6) is 5.75 Å². The molecule has 4 aromatic rings. The van der Waals surface area contributed by atoms with E-state index in [0.29, 0.717) is 23.6 Å². The minimum absolute atomic E-state index is 0.296. The molecule has 0 fully saturated rings. The number of carbonyl (C=O) groups excluding carboxylic acids is 1. The highest BCUT2D eigenvalue weighted by atomic mass is 79.9. The summed E-state index contributed by atoms with van der Waals surface area (Å²) in [6, 6.07) is 18.4. The molecule has 8 nitrogen and oxygen atoms in total. The SMILES string of the molecule is O=C(N/N=C/c1ccc(OCc2cn(-c3ccc(Br)cc3)nn2)cc1)c1ccncc1. The van der Waals surface area contributed by atoms with E-state index in [1.54, 1.807) is 35.4 Å². The standard InChI is InChI=1S/C22H17BrN6O2/c23-18-3-5-20(6-4-18)29-14-19(26-28-29)15-31-21-7-1-16(2-8-21)13-25-27-22(30)17-9-11-24-12-10-17/h1-14H,15H2,(H,27,30)/b25-13+. The maximum atomic E-state index is 11.9. The number of rotatable bonds is 7. The summed E-state index contributed by atoms with van der Waals surface area (Å²) in [7, 11) is 0. The lowest BCUT2D eigenvalue weighted by atomic mass is 10.2. The predicted molar refractivity (Wildman–Crippen MR) is 119 cm³/mol. The molecular weight excluding hydrogens is 460 g/mol. The number of ether oxygens (including phenoxy) is 1. The number of hydrogen-bond donors (Lipinski definition) is 1. The molecule has 0 aliphatic heterocycles. The smallest absolute Gasteiger partial charge is 0.271 e. The molecule has 154 valence electrons. The summed E-state index contributed by atoms with van der Waals surface area (Å²) in [6.07, 6.45) is 6.50. The molecule has 0 unspecified atom stereocenters. The number of aromatic nitrogens is 4. The van der Waals surface area contributed by atoms with Crippen LogP contribution in [-0.4, -0.2) is 32.1 Å². The summed E-state index contributed by atoms with van der Waals surface area (Å²) in [4.78, 5) is 15.8. The van der Waals surface area contributed by atoms with Gasteiger partial charge in [0.15, 0.2) is 0 Å². The van der Waals surface area contributed by atoms with Gasteiger partial charge in [-0.1, -0.05) is 21.1 Å². The summed E-state index contributed by atoms with van der Waals surface area (Å²) >= 11 is 3.41. The number of amides is 1. The first-order valence-electron chi connectivity index (χ1n) is 9.31. The van der Waals surface area contributed by atoms with Crippen molar-refractivity contribution in [1.29, 1.82) is 0 Å². The fourth-order valence-corrected chi connectivity index (χ4v) is 2.89. The number of halogens is 1. The molecule has 9 heteroatoms. The number of benzene rings is 2. The lowest BCUT2D eigenvalue weighted by Gasteiger charge is -2.04. The van der Waals surface area contributed by atoms with Gasteiger partial charge in [-0.05, 0) is 66.2 Å². The highest BCUT2D eigenvalue weighted by molar-refractivity contribution is 9.10. The molecule has 0 aliphatic rings. The van der Waals surface area contributed by atoms with Crippen molar-refractivity contribution in [2.75, 3.05) is 0 Å². The maximum Gasteiger partial charge on any atom is 0.271 e. The molecule has 0 spiro atoms. The molecule has 1 amide bonds. The maximum absolute atomic E-state index is 11.9. The summed E-state index contributed by atoms with van der Waals surface area (Å²) in [5.74, 6) is 0.394. The zero-order valence-electron chi connectivity index (χ0n) is 16.2. The van der Waals surface area contributed by atoms with Gasteiger partial charge in [0.05, 0.1) is 18.1 Å². The number of nitrogens with zero attached hydrogens (tertiary/aromatic N) is 5. The van der Waals surface area contributed by atoms with Gasteiger partial charge in [0.1, 0.15) is 18.1 Å². The molecule has 31 heavy (non-hydrogen) atoms. The topological polar surface area (TPSA) is 94.3 Å². The first-order valence-corrected chi connectivity index (χ1v) is 10.1. The van der Waals surface area contributed by atoms with Gasteiger partial charge in [0.25, 0.3) is 5.91 Å². The van der Waals surface area contributed by atoms with Gasteiger partial charge in [-0.25, -0.2) is 10.1 Å². The molecule has 2 aromatic carbocycles. The van der Waals surface area contributed by atoms with Crippen LogP contribution in [0.3, 0.4) is 0 Å². The lowest BCUT2D eigenvalue weighted by Crippen LogP contribution is -2.17. The van der Waals surface area contributed by atoms with E-state index in [-0.39, 0.29) is 5.91 Å². The molecule has 0 atom stereocenters. The second-order valence-corrected chi connectivity index (χ2v) is 7.34. The van der Waals surface area contributed by atoms with Crippen LogP contribution in [0, 0.1) is 0 Å². The zero-order valence-corrected chi connectivity index (χ0v) is 17.8. The normalized spacial score (nSPS) is 10.9. The molecule has 0 saturated heterocycles. The molecule has 2 heterocycles. The summed E-state index contributed by atoms with van der Waals surface area (Å²) in [5, 5.41) is 12.2. The van der Waals surface area contributed by atoms with Crippen LogP contribution in [0.4, 0.5) is 0 Å². The summed E-state index contributed by atoms with van der Waals surface area (Å²) in [5.41, 5.74) is 5.43. The molecule has 4 rings (SSSR count). The molecule has 0 bridgehead atoms. The van der Waals surface area contributed by atoms with E-state index >= 15 is 0 Å². The number of carbonyl (C=O) groups is 1. The highest BCUT2D eigenvalue weighted by Crippen LogP contribution is 2.15. The van der Waals surface area contributed by atoms with Gasteiger partial charge in [0.2, 0.25) is 0 Å². The molecular formula is C22H17BrN6O2. The summed E-state index contributed by atoms with van der Waals surface area (Å²) in [6.45, 7) is 0.298. The van der Waals surface area contributed by atoms with Gasteiger partial charge in [0, 0.05) is 22.4 Å². The van der Waals surface area contributed by atoms with E-state index in [2.05, 4.69) is 41.8 Å². The Hall–Kier alpha value is -3.85. The summed E-state index contributed by atoms with van der Waals surface area (Å²) < 4.78 is 8.48. The average molecular weight is 477 g/mol. The van der Waals surface area contributed by atoms with Crippen molar-refractivity contribution < 1.29 is 9.53 Å². The van der Waals surface area contributed by atoms with Crippen molar-refractivity contribution in [2.24, 2.45) is 5.10 Å². The van der Waals surface area contributed by atoms with Crippen LogP contribution >= 0.6 is 15.9 Å². The minimum atomic E-state index is -0.296. The Labute approximate surface area is 186 Å². The predicted octanol–water partition coefficient (Wildman–Crippen LogP) is 3.77. The van der Waals surface area contributed by atoms with Crippen molar-refractivity contribution in [3.8, 4) is 11.4 Å². The number of hydrazone groups is 1. The van der Waals surface area contributed by atoms with Crippen molar-refractivity contribution in [3.05, 3.63) is 101 Å². The minimum Gasteiger partial charge on any atom is -0.487 e. The number of nitrogens with one attached hydrogen (secondary N) is 1. The molecule has 0 saturated carbocycles.